The van der Waals surface area contributed by atoms with Gasteiger partial charge in [0.1, 0.15) is 0 Å². The number of carbonyl (C=O) groups excluding carboxylic acids is 3. The summed E-state index contributed by atoms with van der Waals surface area (Å²) < 4.78 is 5.45. The Labute approximate surface area is 214 Å². The van der Waals surface area contributed by atoms with E-state index < -0.39 is 12.0 Å². The van der Waals surface area contributed by atoms with Crippen LogP contribution >= 0.6 is 0 Å². The number of ether oxygens (including phenoxy) is 1. The SMILES string of the molecule is CCOC(=O)C1=C(CN2CCN(C(=O)NC(C)C)[C@@H](C)C2)N(C)C(=O)N[C@@H]1c1ccc(C(C)C)cc1. The number of piperazine rings is 1. The van der Waals surface area contributed by atoms with Crippen LogP contribution in [0.4, 0.5) is 9.59 Å². The standard InChI is InChI=1S/C27H41N5O4/c1-8-36-25(33)23-22(16-31-13-14-32(19(6)15-31)27(35)28-18(4)5)30(7)26(34)29-24(23)21-11-9-20(10-12-21)17(2)3/h9-12,17-19,24H,8,13-16H2,1-7H3,(H,28,35)(H,29,34)/t19-,24+/m0/s1. The van der Waals surface area contributed by atoms with E-state index in [4.69, 9.17) is 4.74 Å². The molecule has 2 N–H and O–H groups in total. The van der Waals surface area contributed by atoms with Gasteiger partial charge in [-0.3, -0.25) is 9.80 Å². The van der Waals surface area contributed by atoms with Crippen LogP contribution in [0.15, 0.2) is 35.5 Å². The van der Waals surface area contributed by atoms with Crippen LogP contribution in [0.5, 0.6) is 0 Å². The van der Waals surface area contributed by atoms with Gasteiger partial charge in [-0.2, -0.15) is 0 Å². The molecule has 36 heavy (non-hydrogen) atoms. The zero-order valence-electron chi connectivity index (χ0n) is 22.6. The molecule has 9 heteroatoms. The van der Waals surface area contributed by atoms with Gasteiger partial charge in [0, 0.05) is 51.0 Å². The Kier molecular flexibility index (Phi) is 9.00. The second kappa shape index (κ2) is 11.8. The average Bonchev–Trinajstić information content (AvgIpc) is 2.81. The Morgan fingerprint density at radius 2 is 1.81 bits per heavy atom. The van der Waals surface area contributed by atoms with Crippen LogP contribution in [-0.2, 0) is 9.53 Å². The summed E-state index contributed by atoms with van der Waals surface area (Å²) in [6, 6.07) is 7.15. The summed E-state index contributed by atoms with van der Waals surface area (Å²) in [5, 5.41) is 5.94. The molecule has 3 rings (SSSR count). The average molecular weight is 500 g/mol. The van der Waals surface area contributed by atoms with E-state index in [1.807, 2.05) is 49.9 Å². The van der Waals surface area contributed by atoms with Gasteiger partial charge in [-0.05, 0) is 44.7 Å². The van der Waals surface area contributed by atoms with Gasteiger partial charge in [-0.25, -0.2) is 14.4 Å². The fraction of sp³-hybridized carbons (Fsp3) is 0.593. The molecule has 2 atom stereocenters. The number of urea groups is 2. The van der Waals surface area contributed by atoms with Gasteiger partial charge in [0.2, 0.25) is 0 Å². The smallest absolute Gasteiger partial charge is 0.338 e. The van der Waals surface area contributed by atoms with E-state index in [1.165, 1.54) is 10.5 Å². The van der Waals surface area contributed by atoms with Crippen molar-refractivity contribution in [3.05, 3.63) is 46.7 Å². The molecule has 0 aromatic heterocycles. The molecule has 1 saturated heterocycles. The van der Waals surface area contributed by atoms with Gasteiger partial charge in [-0.15, -0.1) is 0 Å². The zero-order valence-corrected chi connectivity index (χ0v) is 22.6. The summed E-state index contributed by atoms with van der Waals surface area (Å²) in [6.07, 6.45) is 0. The summed E-state index contributed by atoms with van der Waals surface area (Å²) in [6.45, 7) is 14.4. The predicted molar refractivity (Wildman–Crippen MR) is 140 cm³/mol. The summed E-state index contributed by atoms with van der Waals surface area (Å²) in [4.78, 5) is 44.3. The molecule has 2 aliphatic heterocycles. The van der Waals surface area contributed by atoms with Gasteiger partial charge in [0.05, 0.1) is 18.2 Å². The summed E-state index contributed by atoms with van der Waals surface area (Å²) in [7, 11) is 1.68. The maximum atomic E-state index is 13.2. The molecule has 0 radical (unpaired) electrons. The lowest BCUT2D eigenvalue weighted by Crippen LogP contribution is -2.58. The van der Waals surface area contributed by atoms with Crippen molar-refractivity contribution in [2.45, 2.75) is 65.6 Å². The maximum absolute atomic E-state index is 13.2. The zero-order chi connectivity index (χ0) is 26.6. The first-order valence-corrected chi connectivity index (χ1v) is 12.9. The van der Waals surface area contributed by atoms with E-state index in [0.29, 0.717) is 43.4 Å². The van der Waals surface area contributed by atoms with Gasteiger partial charge < -0.3 is 20.3 Å². The van der Waals surface area contributed by atoms with Crippen LogP contribution in [0.1, 0.15) is 64.6 Å². The predicted octanol–water partition coefficient (Wildman–Crippen LogP) is 3.45. The van der Waals surface area contributed by atoms with Crippen LogP contribution < -0.4 is 10.6 Å². The Hall–Kier alpha value is -3.07. The molecular formula is C27H41N5O4. The molecule has 0 aliphatic carbocycles. The molecule has 1 aromatic rings. The second-order valence-corrected chi connectivity index (χ2v) is 10.2. The van der Waals surface area contributed by atoms with Crippen LogP contribution in [0.25, 0.3) is 0 Å². The van der Waals surface area contributed by atoms with Gasteiger partial charge in [0.25, 0.3) is 0 Å². The minimum atomic E-state index is -0.598. The number of likely N-dealkylation sites (N-methyl/N-ethyl adjacent to an activating group) is 1. The van der Waals surface area contributed by atoms with Crippen molar-refractivity contribution in [3.8, 4) is 0 Å². The molecule has 0 spiro atoms. The van der Waals surface area contributed by atoms with E-state index in [9.17, 15) is 14.4 Å². The first-order chi connectivity index (χ1) is 17.0. The van der Waals surface area contributed by atoms with Crippen molar-refractivity contribution >= 4 is 18.0 Å². The quantitative estimate of drug-likeness (QED) is 0.561. The first kappa shape index (κ1) is 27.5. The lowest BCUT2D eigenvalue weighted by Gasteiger charge is -2.42. The molecule has 1 fully saturated rings. The third-order valence-electron chi connectivity index (χ3n) is 6.77. The lowest BCUT2D eigenvalue weighted by atomic mass is 9.92. The summed E-state index contributed by atoms with van der Waals surface area (Å²) in [5.41, 5.74) is 3.10. The van der Waals surface area contributed by atoms with Crippen LogP contribution in [0, 0.1) is 0 Å². The van der Waals surface area contributed by atoms with Gasteiger partial charge >= 0.3 is 18.0 Å². The number of hydrogen-bond acceptors (Lipinski definition) is 5. The van der Waals surface area contributed by atoms with E-state index in [2.05, 4.69) is 29.4 Å². The van der Waals surface area contributed by atoms with Crippen molar-refractivity contribution in [2.75, 3.05) is 39.8 Å². The highest BCUT2D eigenvalue weighted by molar-refractivity contribution is 5.95. The molecule has 4 amide bonds. The minimum absolute atomic E-state index is 0.00811. The molecule has 0 bridgehead atoms. The van der Waals surface area contributed by atoms with Crippen LogP contribution in [-0.4, -0.2) is 84.6 Å². The van der Waals surface area contributed by atoms with Crippen molar-refractivity contribution in [3.63, 3.8) is 0 Å². The lowest BCUT2D eigenvalue weighted by molar-refractivity contribution is -0.139. The first-order valence-electron chi connectivity index (χ1n) is 12.9. The molecule has 9 nitrogen and oxygen atoms in total. The Morgan fingerprint density at radius 1 is 1.14 bits per heavy atom. The highest BCUT2D eigenvalue weighted by Crippen LogP contribution is 2.32. The third-order valence-corrected chi connectivity index (χ3v) is 6.77. The third kappa shape index (κ3) is 6.19. The number of benzene rings is 1. The Balaban J connectivity index is 1.91. The Morgan fingerprint density at radius 3 is 2.36 bits per heavy atom. The molecule has 1 aromatic carbocycles. The van der Waals surface area contributed by atoms with Crippen molar-refractivity contribution in [2.24, 2.45) is 0 Å². The van der Waals surface area contributed by atoms with Crippen LogP contribution in [0.2, 0.25) is 0 Å². The number of rotatable bonds is 7. The number of hydrogen-bond donors (Lipinski definition) is 2. The van der Waals surface area contributed by atoms with Crippen LogP contribution in [0.3, 0.4) is 0 Å². The summed E-state index contributed by atoms with van der Waals surface area (Å²) in [5.74, 6) is -0.0506. The number of nitrogens with one attached hydrogen (secondary N) is 2. The van der Waals surface area contributed by atoms with Crippen molar-refractivity contribution in [1.29, 1.82) is 0 Å². The van der Waals surface area contributed by atoms with Gasteiger partial charge in [-0.1, -0.05) is 38.1 Å². The monoisotopic (exact) mass is 499 g/mol. The van der Waals surface area contributed by atoms with Gasteiger partial charge in [0.15, 0.2) is 0 Å². The largest absolute Gasteiger partial charge is 0.463 e. The molecule has 2 heterocycles. The van der Waals surface area contributed by atoms with E-state index >= 15 is 0 Å². The fourth-order valence-electron chi connectivity index (χ4n) is 4.74. The second-order valence-electron chi connectivity index (χ2n) is 10.2. The van der Waals surface area contributed by atoms with E-state index in [0.717, 1.165) is 5.56 Å². The number of nitrogens with zero attached hydrogens (tertiary/aromatic N) is 3. The molecule has 2 aliphatic rings. The normalized spacial score (nSPS) is 21.2. The number of carbonyl (C=O) groups is 3. The number of esters is 1. The highest BCUT2D eigenvalue weighted by Gasteiger charge is 2.38. The van der Waals surface area contributed by atoms with Crippen molar-refractivity contribution < 1.29 is 19.1 Å². The number of amides is 4. The molecule has 198 valence electrons. The highest BCUT2D eigenvalue weighted by atomic mass is 16.5. The van der Waals surface area contributed by atoms with Crippen molar-refractivity contribution in [1.82, 2.24) is 25.3 Å². The molecule has 0 unspecified atom stereocenters. The summed E-state index contributed by atoms with van der Waals surface area (Å²) >= 11 is 0. The van der Waals surface area contributed by atoms with E-state index in [1.54, 1.807) is 14.0 Å². The molecule has 0 saturated carbocycles. The molecular weight excluding hydrogens is 458 g/mol. The fourth-order valence-corrected chi connectivity index (χ4v) is 4.74. The Bertz CT molecular complexity index is 988. The topological polar surface area (TPSA) is 94.2 Å². The van der Waals surface area contributed by atoms with E-state index in [-0.39, 0.29) is 30.8 Å². The maximum Gasteiger partial charge on any atom is 0.338 e. The minimum Gasteiger partial charge on any atom is -0.463 e.